The second kappa shape index (κ2) is 8.46. The maximum atomic E-state index is 12.0. The van der Waals surface area contributed by atoms with Crippen molar-refractivity contribution in [1.29, 1.82) is 0 Å². The third kappa shape index (κ3) is 4.90. The second-order valence-electron chi connectivity index (χ2n) is 4.87. The molecule has 116 valence electrons. The largest absolute Gasteiger partial charge is 0.490 e. The topological polar surface area (TPSA) is 63.7 Å². The molecule has 6 heteroatoms. The molecule has 0 radical (unpaired) electrons. The number of aromatic nitrogens is 1. The Balaban J connectivity index is 1.78. The Morgan fingerprint density at radius 2 is 2.29 bits per heavy atom. The number of nitrogens with one attached hydrogen (secondary N) is 1. The van der Waals surface area contributed by atoms with Gasteiger partial charge in [-0.2, -0.15) is 0 Å². The van der Waals surface area contributed by atoms with Gasteiger partial charge in [0.15, 0.2) is 11.6 Å². The molecule has 1 saturated heterocycles. The van der Waals surface area contributed by atoms with E-state index in [0.29, 0.717) is 51.7 Å². The maximum Gasteiger partial charge on any atom is 0.224 e. The van der Waals surface area contributed by atoms with Crippen molar-refractivity contribution in [3.8, 4) is 5.75 Å². The zero-order valence-electron chi connectivity index (χ0n) is 12.5. The zero-order chi connectivity index (χ0) is 14.9. The highest BCUT2D eigenvalue weighted by Gasteiger charge is 2.16. The van der Waals surface area contributed by atoms with Gasteiger partial charge in [-0.15, -0.1) is 0 Å². The summed E-state index contributed by atoms with van der Waals surface area (Å²) in [4.78, 5) is 18.1. The first-order valence-electron chi connectivity index (χ1n) is 7.48. The van der Waals surface area contributed by atoms with Crippen molar-refractivity contribution in [2.75, 3.05) is 44.8 Å². The number of carbonyl (C=O) groups excluding carboxylic acids is 1. The molecule has 2 heterocycles. The van der Waals surface area contributed by atoms with E-state index in [1.54, 1.807) is 6.20 Å². The molecule has 0 bridgehead atoms. The van der Waals surface area contributed by atoms with E-state index in [1.807, 2.05) is 17.0 Å². The highest BCUT2D eigenvalue weighted by molar-refractivity contribution is 5.76. The van der Waals surface area contributed by atoms with Gasteiger partial charge >= 0.3 is 0 Å². The first kappa shape index (κ1) is 15.6. The Hall–Kier alpha value is -1.82. The number of nitrogens with zero attached hydrogens (tertiary/aromatic N) is 2. The highest BCUT2D eigenvalue weighted by atomic mass is 16.5. The number of morpholine rings is 1. The molecule has 0 saturated carbocycles. The number of ether oxygens (including phenoxy) is 2. The van der Waals surface area contributed by atoms with Crippen LogP contribution in [-0.2, 0) is 9.53 Å². The summed E-state index contributed by atoms with van der Waals surface area (Å²) in [6.45, 7) is 5.91. The Morgan fingerprint density at radius 1 is 1.48 bits per heavy atom. The van der Waals surface area contributed by atoms with Crippen LogP contribution in [0.4, 0.5) is 5.82 Å². The minimum absolute atomic E-state index is 0.151. The normalized spacial score (nSPS) is 14.8. The molecule has 2 rings (SSSR count). The molecule has 0 unspecified atom stereocenters. The van der Waals surface area contributed by atoms with Crippen LogP contribution in [0.3, 0.4) is 0 Å². The van der Waals surface area contributed by atoms with Crippen molar-refractivity contribution in [3.05, 3.63) is 18.3 Å². The van der Waals surface area contributed by atoms with Crippen LogP contribution in [0.25, 0.3) is 0 Å². The number of pyridine rings is 1. The van der Waals surface area contributed by atoms with Crippen LogP contribution in [0, 0.1) is 0 Å². The summed E-state index contributed by atoms with van der Waals surface area (Å²) in [6, 6.07) is 3.73. The summed E-state index contributed by atoms with van der Waals surface area (Å²) in [6.07, 6.45) is 3.11. The van der Waals surface area contributed by atoms with E-state index in [-0.39, 0.29) is 5.91 Å². The van der Waals surface area contributed by atoms with Gasteiger partial charge < -0.3 is 19.7 Å². The summed E-state index contributed by atoms with van der Waals surface area (Å²) < 4.78 is 10.9. The first-order chi connectivity index (χ1) is 10.3. The first-order valence-corrected chi connectivity index (χ1v) is 7.48. The molecule has 21 heavy (non-hydrogen) atoms. The quantitative estimate of drug-likeness (QED) is 0.826. The van der Waals surface area contributed by atoms with Crippen LogP contribution in [0.5, 0.6) is 5.75 Å². The molecule has 0 aromatic carbocycles. The molecule has 1 aliphatic heterocycles. The molecule has 0 aliphatic carbocycles. The van der Waals surface area contributed by atoms with Gasteiger partial charge in [-0.25, -0.2) is 4.98 Å². The monoisotopic (exact) mass is 293 g/mol. The Labute approximate surface area is 125 Å². The van der Waals surface area contributed by atoms with Gasteiger partial charge in [-0.3, -0.25) is 4.79 Å². The highest BCUT2D eigenvalue weighted by Crippen LogP contribution is 2.20. The molecule has 6 nitrogen and oxygen atoms in total. The Morgan fingerprint density at radius 3 is 3.05 bits per heavy atom. The minimum atomic E-state index is 0.151. The van der Waals surface area contributed by atoms with E-state index in [1.165, 1.54) is 0 Å². The fraction of sp³-hybridized carbons (Fsp3) is 0.600. The van der Waals surface area contributed by atoms with Crippen LogP contribution >= 0.6 is 0 Å². The number of carbonyl (C=O) groups is 1. The summed E-state index contributed by atoms with van der Waals surface area (Å²) in [5.74, 6) is 1.58. The summed E-state index contributed by atoms with van der Waals surface area (Å²) in [5.41, 5.74) is 0. The number of anilines is 1. The van der Waals surface area contributed by atoms with Crippen LogP contribution in [0.15, 0.2) is 18.3 Å². The van der Waals surface area contributed by atoms with Crippen molar-refractivity contribution < 1.29 is 14.3 Å². The third-order valence-electron chi connectivity index (χ3n) is 3.23. The predicted molar refractivity (Wildman–Crippen MR) is 80.5 cm³/mol. The van der Waals surface area contributed by atoms with Crippen molar-refractivity contribution in [3.63, 3.8) is 0 Å². The molecule has 1 N–H and O–H groups in total. The van der Waals surface area contributed by atoms with Crippen LogP contribution in [0.1, 0.15) is 19.8 Å². The number of hydrogen-bond acceptors (Lipinski definition) is 5. The Kier molecular flexibility index (Phi) is 6.27. The van der Waals surface area contributed by atoms with Crippen molar-refractivity contribution in [2.45, 2.75) is 19.8 Å². The molecular weight excluding hydrogens is 270 g/mol. The zero-order valence-corrected chi connectivity index (χ0v) is 12.5. The predicted octanol–water partition coefficient (Wildman–Crippen LogP) is 1.53. The summed E-state index contributed by atoms with van der Waals surface area (Å²) >= 11 is 0. The fourth-order valence-electron chi connectivity index (χ4n) is 2.11. The van der Waals surface area contributed by atoms with E-state index < -0.39 is 0 Å². The number of hydrogen-bond donors (Lipinski definition) is 1. The SMILES string of the molecule is CCCOc1cccnc1NCCC(=O)N1CCOCC1. The minimum Gasteiger partial charge on any atom is -0.490 e. The van der Waals surface area contributed by atoms with E-state index in [0.717, 1.165) is 12.2 Å². The molecule has 1 amide bonds. The van der Waals surface area contributed by atoms with Crippen molar-refractivity contribution in [2.24, 2.45) is 0 Å². The van der Waals surface area contributed by atoms with Crippen molar-refractivity contribution in [1.82, 2.24) is 9.88 Å². The average molecular weight is 293 g/mol. The Bertz CT molecular complexity index is 448. The lowest BCUT2D eigenvalue weighted by Crippen LogP contribution is -2.41. The molecule has 0 spiro atoms. The lowest BCUT2D eigenvalue weighted by atomic mass is 10.3. The molecule has 1 aromatic heterocycles. The standard InChI is InChI=1S/C15H23N3O3/c1-2-10-21-13-4-3-6-16-15(13)17-7-5-14(19)18-8-11-20-12-9-18/h3-4,6H,2,5,7-12H2,1H3,(H,16,17). The van der Waals surface area contributed by atoms with Gasteiger partial charge in [0, 0.05) is 32.3 Å². The van der Waals surface area contributed by atoms with Crippen LogP contribution < -0.4 is 10.1 Å². The average Bonchev–Trinajstić information content (AvgIpc) is 2.54. The molecule has 0 atom stereocenters. The number of rotatable bonds is 7. The summed E-state index contributed by atoms with van der Waals surface area (Å²) in [7, 11) is 0. The van der Waals surface area contributed by atoms with Gasteiger partial charge in [0.05, 0.1) is 19.8 Å². The smallest absolute Gasteiger partial charge is 0.224 e. The molecule has 1 fully saturated rings. The van der Waals surface area contributed by atoms with Crippen LogP contribution in [0.2, 0.25) is 0 Å². The van der Waals surface area contributed by atoms with E-state index in [2.05, 4.69) is 17.2 Å². The molecular formula is C15H23N3O3. The lowest BCUT2D eigenvalue weighted by Gasteiger charge is -2.26. The lowest BCUT2D eigenvalue weighted by molar-refractivity contribution is -0.134. The maximum absolute atomic E-state index is 12.0. The molecule has 1 aromatic rings. The van der Waals surface area contributed by atoms with E-state index >= 15 is 0 Å². The van der Waals surface area contributed by atoms with E-state index in [4.69, 9.17) is 9.47 Å². The van der Waals surface area contributed by atoms with Crippen molar-refractivity contribution >= 4 is 11.7 Å². The van der Waals surface area contributed by atoms with Gasteiger partial charge in [-0.05, 0) is 18.6 Å². The van der Waals surface area contributed by atoms with Gasteiger partial charge in [0.25, 0.3) is 0 Å². The second-order valence-corrected chi connectivity index (χ2v) is 4.87. The van der Waals surface area contributed by atoms with Gasteiger partial charge in [-0.1, -0.05) is 6.92 Å². The third-order valence-corrected chi connectivity index (χ3v) is 3.23. The van der Waals surface area contributed by atoms with Crippen LogP contribution in [-0.4, -0.2) is 55.2 Å². The number of amides is 1. The van der Waals surface area contributed by atoms with Gasteiger partial charge in [0.2, 0.25) is 5.91 Å². The van der Waals surface area contributed by atoms with Gasteiger partial charge in [0.1, 0.15) is 0 Å². The van der Waals surface area contributed by atoms with E-state index in [9.17, 15) is 4.79 Å². The summed E-state index contributed by atoms with van der Waals surface area (Å²) in [5, 5.41) is 3.18. The fourth-order valence-corrected chi connectivity index (χ4v) is 2.11. The molecule has 1 aliphatic rings.